The van der Waals surface area contributed by atoms with Crippen LogP contribution in [0.5, 0.6) is 0 Å². The summed E-state index contributed by atoms with van der Waals surface area (Å²) in [5.74, 6) is 0.507. The van der Waals surface area contributed by atoms with Gasteiger partial charge in [-0.2, -0.15) is 0 Å². The lowest BCUT2D eigenvalue weighted by molar-refractivity contribution is -0.119. The number of hydrogen-bond donors (Lipinski definition) is 1. The number of amides is 1. The predicted molar refractivity (Wildman–Crippen MR) is 90.8 cm³/mol. The molecule has 112 valence electrons. The van der Waals surface area contributed by atoms with Crippen LogP contribution >= 0.6 is 23.1 Å². The molecule has 1 heterocycles. The second-order valence-electron chi connectivity index (χ2n) is 4.91. The number of carbonyl (C=O) groups is 1. The average Bonchev–Trinajstić information content (AvgIpc) is 2.95. The molecule has 1 aromatic heterocycles. The molecule has 1 N–H and O–H groups in total. The zero-order chi connectivity index (χ0) is 15.1. The maximum Gasteiger partial charge on any atom is 0.230 e. The number of rotatable bonds is 7. The molecule has 2 rings (SSSR count). The predicted octanol–water partition coefficient (Wildman–Crippen LogP) is 4.21. The first-order valence-electron chi connectivity index (χ1n) is 7.12. The molecule has 0 unspecified atom stereocenters. The van der Waals surface area contributed by atoms with Crippen molar-refractivity contribution in [3.05, 3.63) is 35.7 Å². The lowest BCUT2D eigenvalue weighted by atomic mass is 10.2. The van der Waals surface area contributed by atoms with E-state index >= 15 is 0 Å². The smallest absolute Gasteiger partial charge is 0.230 e. The minimum absolute atomic E-state index is 0.0809. The fourth-order valence-electron chi connectivity index (χ4n) is 2.01. The van der Waals surface area contributed by atoms with Crippen LogP contribution in [0.2, 0.25) is 0 Å². The Bertz CT molecular complexity index is 569. The molecular weight excluding hydrogens is 300 g/mol. The van der Waals surface area contributed by atoms with E-state index in [9.17, 15) is 4.79 Å². The van der Waals surface area contributed by atoms with Crippen molar-refractivity contribution in [2.24, 2.45) is 0 Å². The van der Waals surface area contributed by atoms with Crippen molar-refractivity contribution in [2.75, 3.05) is 5.75 Å². The molecule has 0 spiro atoms. The molecule has 0 bridgehead atoms. The molecule has 0 aliphatic rings. The van der Waals surface area contributed by atoms with Gasteiger partial charge in [0.15, 0.2) is 4.34 Å². The lowest BCUT2D eigenvalue weighted by Gasteiger charge is -2.11. The normalized spacial score (nSPS) is 12.1. The highest BCUT2D eigenvalue weighted by Gasteiger charge is 2.09. The van der Waals surface area contributed by atoms with E-state index in [4.69, 9.17) is 0 Å². The SMILES string of the molecule is CCC[C@@H](C)NC(=O)CSc1nc(-c2ccccc2)cs1. The van der Waals surface area contributed by atoms with Crippen molar-refractivity contribution in [3.8, 4) is 11.3 Å². The van der Waals surface area contributed by atoms with Gasteiger partial charge in [0.05, 0.1) is 11.4 Å². The van der Waals surface area contributed by atoms with Gasteiger partial charge in [0.1, 0.15) is 0 Å². The van der Waals surface area contributed by atoms with Gasteiger partial charge in [-0.1, -0.05) is 55.4 Å². The van der Waals surface area contributed by atoms with Crippen LogP contribution < -0.4 is 5.32 Å². The molecule has 3 nitrogen and oxygen atoms in total. The molecule has 2 aromatic rings. The van der Waals surface area contributed by atoms with Gasteiger partial charge >= 0.3 is 0 Å². The summed E-state index contributed by atoms with van der Waals surface area (Å²) in [5, 5.41) is 5.04. The number of benzene rings is 1. The van der Waals surface area contributed by atoms with Gasteiger partial charge < -0.3 is 5.32 Å². The number of nitrogens with one attached hydrogen (secondary N) is 1. The topological polar surface area (TPSA) is 42.0 Å². The van der Waals surface area contributed by atoms with Gasteiger partial charge in [0.2, 0.25) is 5.91 Å². The van der Waals surface area contributed by atoms with Crippen LogP contribution in [0.4, 0.5) is 0 Å². The maximum absolute atomic E-state index is 11.8. The van der Waals surface area contributed by atoms with Crippen molar-refractivity contribution >= 4 is 29.0 Å². The van der Waals surface area contributed by atoms with Gasteiger partial charge in [-0.25, -0.2) is 4.98 Å². The minimum Gasteiger partial charge on any atom is -0.353 e. The van der Waals surface area contributed by atoms with Crippen LogP contribution in [0.3, 0.4) is 0 Å². The number of carbonyl (C=O) groups excluding carboxylic acids is 1. The number of thioether (sulfide) groups is 1. The van der Waals surface area contributed by atoms with Crippen molar-refractivity contribution in [1.82, 2.24) is 10.3 Å². The van der Waals surface area contributed by atoms with Crippen LogP contribution in [0.1, 0.15) is 26.7 Å². The Morgan fingerprint density at radius 3 is 2.86 bits per heavy atom. The van der Waals surface area contributed by atoms with E-state index in [1.54, 1.807) is 11.3 Å². The summed E-state index contributed by atoms with van der Waals surface area (Å²) in [4.78, 5) is 16.4. The Kier molecular flexibility index (Phi) is 6.26. The Labute approximate surface area is 134 Å². The van der Waals surface area contributed by atoms with Gasteiger partial charge in [0, 0.05) is 17.0 Å². The highest BCUT2D eigenvalue weighted by atomic mass is 32.2. The number of thiazole rings is 1. The van der Waals surface area contributed by atoms with Gasteiger partial charge in [-0.15, -0.1) is 11.3 Å². The first-order valence-corrected chi connectivity index (χ1v) is 8.98. The quantitative estimate of drug-likeness (QED) is 0.777. The number of hydrogen-bond acceptors (Lipinski definition) is 4. The van der Waals surface area contributed by atoms with E-state index in [0.717, 1.165) is 28.4 Å². The average molecular weight is 320 g/mol. The highest BCUT2D eigenvalue weighted by Crippen LogP contribution is 2.27. The molecule has 5 heteroatoms. The molecule has 0 aliphatic heterocycles. The molecule has 0 saturated heterocycles. The lowest BCUT2D eigenvalue weighted by Crippen LogP contribution is -2.33. The Balaban J connectivity index is 1.84. The zero-order valence-corrected chi connectivity index (χ0v) is 14.0. The zero-order valence-electron chi connectivity index (χ0n) is 12.3. The second kappa shape index (κ2) is 8.20. The van der Waals surface area contributed by atoms with Gasteiger partial charge in [0.25, 0.3) is 0 Å². The van der Waals surface area contributed by atoms with Gasteiger partial charge in [-0.05, 0) is 13.3 Å². The van der Waals surface area contributed by atoms with E-state index in [1.807, 2.05) is 42.6 Å². The molecule has 1 aromatic carbocycles. The molecule has 0 radical (unpaired) electrons. The molecule has 1 amide bonds. The Morgan fingerprint density at radius 1 is 1.38 bits per heavy atom. The summed E-state index contributed by atoms with van der Waals surface area (Å²) in [7, 11) is 0. The third-order valence-electron chi connectivity index (χ3n) is 3.01. The first kappa shape index (κ1) is 16.0. The third kappa shape index (κ3) is 5.17. The molecule has 1 atom stereocenters. The highest BCUT2D eigenvalue weighted by molar-refractivity contribution is 8.01. The molecular formula is C16H20N2OS2. The Hall–Kier alpha value is -1.33. The fourth-order valence-corrected chi connectivity index (χ4v) is 3.66. The van der Waals surface area contributed by atoms with Crippen LogP contribution in [0.15, 0.2) is 40.1 Å². The fraction of sp³-hybridized carbons (Fsp3) is 0.375. The summed E-state index contributed by atoms with van der Waals surface area (Å²) in [6.45, 7) is 4.17. The van der Waals surface area contributed by atoms with Crippen molar-refractivity contribution in [1.29, 1.82) is 0 Å². The molecule has 0 fully saturated rings. The van der Waals surface area contributed by atoms with Crippen LogP contribution in [-0.4, -0.2) is 22.7 Å². The molecule has 21 heavy (non-hydrogen) atoms. The van der Waals surface area contributed by atoms with E-state index in [1.165, 1.54) is 11.8 Å². The second-order valence-corrected chi connectivity index (χ2v) is 6.99. The minimum atomic E-state index is 0.0809. The summed E-state index contributed by atoms with van der Waals surface area (Å²) in [6.07, 6.45) is 2.10. The molecule has 0 aliphatic carbocycles. The molecule has 0 saturated carbocycles. The Morgan fingerprint density at radius 2 is 2.14 bits per heavy atom. The monoisotopic (exact) mass is 320 g/mol. The van der Waals surface area contributed by atoms with E-state index < -0.39 is 0 Å². The van der Waals surface area contributed by atoms with Crippen molar-refractivity contribution < 1.29 is 4.79 Å². The summed E-state index contributed by atoms with van der Waals surface area (Å²) < 4.78 is 0.937. The maximum atomic E-state index is 11.8. The van der Waals surface area contributed by atoms with E-state index in [2.05, 4.69) is 17.2 Å². The summed E-state index contributed by atoms with van der Waals surface area (Å²) >= 11 is 3.09. The van der Waals surface area contributed by atoms with Crippen LogP contribution in [0.25, 0.3) is 11.3 Å². The largest absolute Gasteiger partial charge is 0.353 e. The number of nitrogens with zero attached hydrogens (tertiary/aromatic N) is 1. The number of aromatic nitrogens is 1. The standard InChI is InChI=1S/C16H20N2OS2/c1-3-7-12(2)17-15(19)11-21-16-18-14(10-20-16)13-8-5-4-6-9-13/h4-6,8-10,12H,3,7,11H2,1-2H3,(H,17,19)/t12-/m1/s1. The third-order valence-corrected chi connectivity index (χ3v) is 5.03. The van der Waals surface area contributed by atoms with Gasteiger partial charge in [-0.3, -0.25) is 4.79 Å². The van der Waals surface area contributed by atoms with Crippen molar-refractivity contribution in [2.45, 2.75) is 37.1 Å². The summed E-state index contributed by atoms with van der Waals surface area (Å²) in [5.41, 5.74) is 2.09. The van der Waals surface area contributed by atoms with E-state index in [0.29, 0.717) is 5.75 Å². The first-order chi connectivity index (χ1) is 10.2. The van der Waals surface area contributed by atoms with E-state index in [-0.39, 0.29) is 11.9 Å². The summed E-state index contributed by atoms with van der Waals surface area (Å²) in [6, 6.07) is 10.3. The van der Waals surface area contributed by atoms with Crippen LogP contribution in [0, 0.1) is 0 Å². The van der Waals surface area contributed by atoms with Crippen molar-refractivity contribution in [3.63, 3.8) is 0 Å². The van der Waals surface area contributed by atoms with Crippen LogP contribution in [-0.2, 0) is 4.79 Å².